The van der Waals surface area contributed by atoms with Gasteiger partial charge < -0.3 is 4.74 Å². The van der Waals surface area contributed by atoms with E-state index in [2.05, 4.69) is 19.1 Å². The summed E-state index contributed by atoms with van der Waals surface area (Å²) in [5, 5.41) is 0. The average Bonchev–Trinajstić information content (AvgIpc) is 2.56. The Bertz CT molecular complexity index is 334. The van der Waals surface area contributed by atoms with Gasteiger partial charge in [0.25, 0.3) is 0 Å². The van der Waals surface area contributed by atoms with Crippen LogP contribution in [0.25, 0.3) is 0 Å². The van der Waals surface area contributed by atoms with Crippen LogP contribution in [-0.2, 0) is 14.3 Å². The van der Waals surface area contributed by atoms with Crippen molar-refractivity contribution in [2.24, 2.45) is 0 Å². The third-order valence-electron chi connectivity index (χ3n) is 4.08. The van der Waals surface area contributed by atoms with Crippen molar-refractivity contribution in [2.45, 2.75) is 104 Å². The summed E-state index contributed by atoms with van der Waals surface area (Å²) in [6, 6.07) is 0. The van der Waals surface area contributed by atoms with Crippen molar-refractivity contribution in [3.63, 3.8) is 0 Å². The van der Waals surface area contributed by atoms with E-state index < -0.39 is 0 Å². The zero-order valence-corrected chi connectivity index (χ0v) is 16.0. The number of rotatable bonds is 17. The minimum absolute atomic E-state index is 0.0783. The average molecular weight is 339 g/mol. The molecule has 3 heteroatoms. The summed E-state index contributed by atoms with van der Waals surface area (Å²) in [6.45, 7) is 3.60. The summed E-state index contributed by atoms with van der Waals surface area (Å²) in [5.74, 6) is -0.348. The van der Waals surface area contributed by atoms with Gasteiger partial charge in [-0.25, -0.2) is 0 Å². The molecule has 0 fully saturated rings. The van der Waals surface area contributed by atoms with Crippen LogP contribution < -0.4 is 0 Å². The predicted octanol–water partition coefficient (Wildman–Crippen LogP) is 6.16. The summed E-state index contributed by atoms with van der Waals surface area (Å²) in [7, 11) is 0. The van der Waals surface area contributed by atoms with Crippen LogP contribution in [0.3, 0.4) is 0 Å². The van der Waals surface area contributed by atoms with Gasteiger partial charge in [0.15, 0.2) is 5.78 Å². The second-order valence-electron chi connectivity index (χ2n) is 6.70. The number of Topliss-reactive ketones (excluding diaryl/α,β-unsaturated/α-hetero) is 1. The molecular weight excluding hydrogens is 300 g/mol. The molecule has 0 aromatic rings. The van der Waals surface area contributed by atoms with Gasteiger partial charge in [-0.05, 0) is 39.0 Å². The maximum Gasteiger partial charge on any atom is 0.306 e. The Morgan fingerprint density at radius 1 is 0.750 bits per heavy atom. The van der Waals surface area contributed by atoms with Crippen LogP contribution in [0.2, 0.25) is 0 Å². The lowest BCUT2D eigenvalue weighted by Gasteiger charge is -2.02. The van der Waals surface area contributed by atoms with Crippen LogP contribution in [0.15, 0.2) is 12.2 Å². The summed E-state index contributed by atoms with van der Waals surface area (Å²) >= 11 is 0. The number of unbranched alkanes of at least 4 members (excludes halogenated alkanes) is 11. The molecule has 0 atom stereocenters. The maximum atomic E-state index is 11.3. The van der Waals surface area contributed by atoms with E-state index in [9.17, 15) is 9.59 Å². The number of esters is 1. The Morgan fingerprint density at radius 2 is 1.25 bits per heavy atom. The molecule has 0 N–H and O–H groups in total. The molecule has 0 aliphatic rings. The van der Waals surface area contributed by atoms with Gasteiger partial charge in [-0.3, -0.25) is 9.59 Å². The second kappa shape index (κ2) is 18.2. The van der Waals surface area contributed by atoms with Gasteiger partial charge in [-0.15, -0.1) is 0 Å². The molecule has 0 aliphatic heterocycles. The van der Waals surface area contributed by atoms with Crippen molar-refractivity contribution in [3.8, 4) is 0 Å². The standard InChI is InChI=1S/C21H38O3/c1-3-4-5-6-7-8-9-10-11-12-13-14-15-16-17-18-21(23)24-19-20(2)22/h9-10H,3-8,11-19H2,1-2H3. The molecular formula is C21H38O3. The van der Waals surface area contributed by atoms with Gasteiger partial charge >= 0.3 is 5.97 Å². The molecule has 0 rings (SSSR count). The SMILES string of the molecule is CCCCCCCC=CCCCCCCCCC(=O)OCC(C)=O. The lowest BCUT2D eigenvalue weighted by atomic mass is 10.1. The predicted molar refractivity (Wildman–Crippen MR) is 101 cm³/mol. The highest BCUT2D eigenvalue weighted by atomic mass is 16.5. The molecule has 0 amide bonds. The van der Waals surface area contributed by atoms with Gasteiger partial charge in [0, 0.05) is 6.42 Å². The lowest BCUT2D eigenvalue weighted by molar-refractivity contribution is -0.147. The van der Waals surface area contributed by atoms with E-state index >= 15 is 0 Å². The quantitative estimate of drug-likeness (QED) is 0.181. The van der Waals surface area contributed by atoms with E-state index in [0.717, 1.165) is 12.8 Å². The Balaban J connectivity index is 3.19. The minimum atomic E-state index is -0.245. The van der Waals surface area contributed by atoms with E-state index in [0.29, 0.717) is 6.42 Å². The number of hydrogen-bond acceptors (Lipinski definition) is 3. The molecule has 24 heavy (non-hydrogen) atoms. The molecule has 0 unspecified atom stereocenters. The Morgan fingerprint density at radius 3 is 1.79 bits per heavy atom. The Hall–Kier alpha value is -1.12. The van der Waals surface area contributed by atoms with Crippen molar-refractivity contribution in [1.29, 1.82) is 0 Å². The van der Waals surface area contributed by atoms with Crippen LogP contribution in [0.5, 0.6) is 0 Å². The van der Waals surface area contributed by atoms with Crippen LogP contribution in [0, 0.1) is 0 Å². The molecule has 0 aromatic heterocycles. The van der Waals surface area contributed by atoms with Crippen molar-refractivity contribution in [1.82, 2.24) is 0 Å². The zero-order chi connectivity index (χ0) is 17.9. The first kappa shape index (κ1) is 22.9. The summed E-state index contributed by atoms with van der Waals surface area (Å²) in [5.41, 5.74) is 0. The van der Waals surface area contributed by atoms with E-state index in [1.165, 1.54) is 77.6 Å². The van der Waals surface area contributed by atoms with E-state index in [4.69, 9.17) is 4.74 Å². The molecule has 0 aromatic carbocycles. The first-order chi connectivity index (χ1) is 11.7. The first-order valence-corrected chi connectivity index (χ1v) is 9.97. The van der Waals surface area contributed by atoms with Gasteiger partial charge in [-0.1, -0.05) is 70.4 Å². The van der Waals surface area contributed by atoms with Crippen molar-refractivity contribution < 1.29 is 14.3 Å². The van der Waals surface area contributed by atoms with Gasteiger partial charge in [0.2, 0.25) is 0 Å². The molecule has 0 saturated heterocycles. The maximum absolute atomic E-state index is 11.3. The highest BCUT2D eigenvalue weighted by molar-refractivity contribution is 5.80. The summed E-state index contributed by atoms with van der Waals surface area (Å²) in [6.07, 6.45) is 21.3. The molecule has 0 heterocycles. The van der Waals surface area contributed by atoms with Crippen LogP contribution in [0.4, 0.5) is 0 Å². The largest absolute Gasteiger partial charge is 0.458 e. The van der Waals surface area contributed by atoms with Crippen LogP contribution in [0.1, 0.15) is 104 Å². The highest BCUT2D eigenvalue weighted by Gasteiger charge is 2.03. The monoisotopic (exact) mass is 338 g/mol. The second-order valence-corrected chi connectivity index (χ2v) is 6.70. The number of ether oxygens (including phenoxy) is 1. The smallest absolute Gasteiger partial charge is 0.306 e. The number of carbonyl (C=O) groups is 2. The third-order valence-corrected chi connectivity index (χ3v) is 4.08. The molecule has 0 radical (unpaired) electrons. The van der Waals surface area contributed by atoms with Crippen molar-refractivity contribution >= 4 is 11.8 Å². The number of allylic oxidation sites excluding steroid dienone is 2. The van der Waals surface area contributed by atoms with E-state index in [1.807, 2.05) is 0 Å². The summed E-state index contributed by atoms with van der Waals surface area (Å²) < 4.78 is 4.83. The molecule has 3 nitrogen and oxygen atoms in total. The normalized spacial score (nSPS) is 11.1. The van der Waals surface area contributed by atoms with Crippen molar-refractivity contribution in [3.05, 3.63) is 12.2 Å². The minimum Gasteiger partial charge on any atom is -0.458 e. The lowest BCUT2D eigenvalue weighted by Crippen LogP contribution is -2.10. The molecule has 0 saturated carbocycles. The van der Waals surface area contributed by atoms with Crippen LogP contribution in [-0.4, -0.2) is 18.4 Å². The van der Waals surface area contributed by atoms with E-state index in [1.54, 1.807) is 0 Å². The van der Waals surface area contributed by atoms with Gasteiger partial charge in [0.05, 0.1) is 0 Å². The van der Waals surface area contributed by atoms with Crippen molar-refractivity contribution in [2.75, 3.05) is 6.61 Å². The number of carbonyl (C=O) groups excluding carboxylic acids is 2. The fraction of sp³-hybridized carbons (Fsp3) is 0.810. The third kappa shape index (κ3) is 18.9. The van der Waals surface area contributed by atoms with E-state index in [-0.39, 0.29) is 18.4 Å². The Kier molecular flexibility index (Phi) is 17.4. The molecule has 140 valence electrons. The van der Waals surface area contributed by atoms with Gasteiger partial charge in [0.1, 0.15) is 6.61 Å². The Labute approximate surface area is 149 Å². The highest BCUT2D eigenvalue weighted by Crippen LogP contribution is 2.10. The molecule has 0 bridgehead atoms. The van der Waals surface area contributed by atoms with Gasteiger partial charge in [-0.2, -0.15) is 0 Å². The topological polar surface area (TPSA) is 43.4 Å². The van der Waals surface area contributed by atoms with Crippen LogP contribution >= 0.6 is 0 Å². The molecule has 0 aliphatic carbocycles. The first-order valence-electron chi connectivity index (χ1n) is 9.97. The molecule has 0 spiro atoms. The summed E-state index contributed by atoms with van der Waals surface area (Å²) in [4.78, 5) is 22.0. The number of hydrogen-bond donors (Lipinski definition) is 0. The fourth-order valence-electron chi connectivity index (χ4n) is 2.59. The zero-order valence-electron chi connectivity index (χ0n) is 16.0. The number of ketones is 1. The fourth-order valence-corrected chi connectivity index (χ4v) is 2.59.